The van der Waals surface area contributed by atoms with Crippen LogP contribution in [0.4, 0.5) is 11.5 Å². The van der Waals surface area contributed by atoms with Crippen LogP contribution in [-0.4, -0.2) is 54.0 Å². The SMILES string of the molecule is CN1CCN(c2nc3ccccc3nc2C(=O)Nc2ccccc2Br)CC1. The lowest BCUT2D eigenvalue weighted by Crippen LogP contribution is -2.45. The molecule has 0 radical (unpaired) electrons. The summed E-state index contributed by atoms with van der Waals surface area (Å²) in [6, 6.07) is 15.2. The number of benzene rings is 2. The molecule has 27 heavy (non-hydrogen) atoms. The summed E-state index contributed by atoms with van der Waals surface area (Å²) in [5, 5.41) is 2.95. The molecule has 7 heteroatoms. The third-order valence-corrected chi connectivity index (χ3v) is 5.38. The summed E-state index contributed by atoms with van der Waals surface area (Å²) in [4.78, 5) is 26.9. The Hall–Kier alpha value is -2.51. The Kier molecular flexibility index (Phi) is 5.05. The number of halogens is 1. The molecular formula is C20H20BrN5O. The number of fused-ring (bicyclic) bond motifs is 1. The van der Waals surface area contributed by atoms with Gasteiger partial charge in [-0.25, -0.2) is 9.97 Å². The van der Waals surface area contributed by atoms with Crippen LogP contribution in [0.2, 0.25) is 0 Å². The van der Waals surface area contributed by atoms with Crippen LogP contribution in [0.1, 0.15) is 10.5 Å². The summed E-state index contributed by atoms with van der Waals surface area (Å²) in [6.45, 7) is 3.50. The van der Waals surface area contributed by atoms with E-state index in [1.807, 2.05) is 48.5 Å². The van der Waals surface area contributed by atoms with Gasteiger partial charge in [0.2, 0.25) is 0 Å². The van der Waals surface area contributed by atoms with Gasteiger partial charge in [-0.15, -0.1) is 0 Å². The van der Waals surface area contributed by atoms with Crippen molar-refractivity contribution in [3.63, 3.8) is 0 Å². The first-order chi connectivity index (χ1) is 13.1. The molecule has 1 fully saturated rings. The Bertz CT molecular complexity index is 985. The molecule has 138 valence electrons. The number of aromatic nitrogens is 2. The molecule has 2 heterocycles. The Labute approximate surface area is 166 Å². The quantitative estimate of drug-likeness (QED) is 0.696. The zero-order valence-corrected chi connectivity index (χ0v) is 16.6. The van der Waals surface area contributed by atoms with E-state index in [1.54, 1.807) is 0 Å². The van der Waals surface area contributed by atoms with Crippen molar-refractivity contribution >= 4 is 44.4 Å². The van der Waals surface area contributed by atoms with Crippen molar-refractivity contribution in [2.45, 2.75) is 0 Å². The topological polar surface area (TPSA) is 61.4 Å². The number of piperazine rings is 1. The van der Waals surface area contributed by atoms with Crippen molar-refractivity contribution < 1.29 is 4.79 Å². The molecule has 4 rings (SSSR count). The summed E-state index contributed by atoms with van der Waals surface area (Å²) >= 11 is 3.47. The predicted octanol–water partition coefficient (Wildman–Crippen LogP) is 3.40. The van der Waals surface area contributed by atoms with Gasteiger partial charge in [-0.2, -0.15) is 0 Å². The number of amides is 1. The number of rotatable bonds is 3. The van der Waals surface area contributed by atoms with Crippen molar-refractivity contribution in [2.24, 2.45) is 0 Å². The summed E-state index contributed by atoms with van der Waals surface area (Å²) in [5.41, 5.74) is 2.58. The summed E-state index contributed by atoms with van der Waals surface area (Å²) < 4.78 is 0.827. The third-order valence-electron chi connectivity index (χ3n) is 4.69. The predicted molar refractivity (Wildman–Crippen MR) is 111 cm³/mol. The lowest BCUT2D eigenvalue weighted by Gasteiger charge is -2.33. The molecule has 2 aromatic carbocycles. The maximum atomic E-state index is 13.1. The van der Waals surface area contributed by atoms with E-state index >= 15 is 0 Å². The van der Waals surface area contributed by atoms with Crippen molar-refractivity contribution in [2.75, 3.05) is 43.4 Å². The molecule has 1 N–H and O–H groups in total. The van der Waals surface area contributed by atoms with E-state index < -0.39 is 0 Å². The average molecular weight is 426 g/mol. The second kappa shape index (κ2) is 7.62. The number of nitrogens with one attached hydrogen (secondary N) is 1. The molecule has 0 saturated carbocycles. The summed E-state index contributed by atoms with van der Waals surface area (Å²) in [7, 11) is 2.10. The van der Waals surface area contributed by atoms with Gasteiger partial charge >= 0.3 is 0 Å². The van der Waals surface area contributed by atoms with Crippen LogP contribution in [0.5, 0.6) is 0 Å². The first-order valence-corrected chi connectivity index (χ1v) is 9.67. The Morgan fingerprint density at radius 3 is 2.30 bits per heavy atom. The van der Waals surface area contributed by atoms with Gasteiger partial charge in [0.05, 0.1) is 16.7 Å². The van der Waals surface area contributed by atoms with Gasteiger partial charge in [-0.1, -0.05) is 24.3 Å². The van der Waals surface area contributed by atoms with E-state index in [-0.39, 0.29) is 5.91 Å². The number of hydrogen-bond acceptors (Lipinski definition) is 5. The van der Waals surface area contributed by atoms with Crippen LogP contribution in [0, 0.1) is 0 Å². The van der Waals surface area contributed by atoms with Crippen molar-refractivity contribution in [3.8, 4) is 0 Å². The minimum absolute atomic E-state index is 0.255. The molecule has 6 nitrogen and oxygen atoms in total. The van der Waals surface area contributed by atoms with E-state index in [0.29, 0.717) is 22.7 Å². The fourth-order valence-corrected chi connectivity index (χ4v) is 3.51. The maximum Gasteiger partial charge on any atom is 0.278 e. The van der Waals surface area contributed by atoms with Gasteiger partial charge in [0.25, 0.3) is 5.91 Å². The van der Waals surface area contributed by atoms with E-state index in [1.165, 1.54) is 0 Å². The van der Waals surface area contributed by atoms with E-state index in [9.17, 15) is 4.79 Å². The number of hydrogen-bond donors (Lipinski definition) is 1. The lowest BCUT2D eigenvalue weighted by molar-refractivity contribution is 0.102. The monoisotopic (exact) mass is 425 g/mol. The van der Waals surface area contributed by atoms with E-state index in [4.69, 9.17) is 4.98 Å². The van der Waals surface area contributed by atoms with Crippen molar-refractivity contribution in [3.05, 3.63) is 58.7 Å². The second-order valence-electron chi connectivity index (χ2n) is 6.61. The molecule has 0 atom stereocenters. The average Bonchev–Trinajstić information content (AvgIpc) is 2.69. The fourth-order valence-electron chi connectivity index (χ4n) is 3.13. The first-order valence-electron chi connectivity index (χ1n) is 8.88. The zero-order chi connectivity index (χ0) is 18.8. The molecule has 1 aliphatic rings. The van der Waals surface area contributed by atoms with Crippen LogP contribution in [0.25, 0.3) is 11.0 Å². The largest absolute Gasteiger partial charge is 0.352 e. The van der Waals surface area contributed by atoms with Gasteiger partial charge in [0.1, 0.15) is 0 Å². The van der Waals surface area contributed by atoms with Gasteiger partial charge in [-0.05, 0) is 47.2 Å². The van der Waals surface area contributed by atoms with Gasteiger partial charge in [-0.3, -0.25) is 4.79 Å². The normalized spacial score (nSPS) is 15.1. The van der Waals surface area contributed by atoms with E-state index in [2.05, 4.69) is 43.1 Å². The molecule has 1 saturated heterocycles. The lowest BCUT2D eigenvalue weighted by atomic mass is 10.2. The number of carbonyl (C=O) groups excluding carboxylic acids is 1. The van der Waals surface area contributed by atoms with Crippen LogP contribution >= 0.6 is 15.9 Å². The molecule has 0 spiro atoms. The second-order valence-corrected chi connectivity index (χ2v) is 7.46. The standard InChI is InChI=1S/C20H20BrN5O/c1-25-10-12-26(13-11-25)19-18(22-16-8-4-5-9-17(16)23-19)20(27)24-15-7-3-2-6-14(15)21/h2-9H,10-13H2,1H3,(H,24,27). The smallest absolute Gasteiger partial charge is 0.278 e. The van der Waals surface area contributed by atoms with Gasteiger partial charge in [0, 0.05) is 30.7 Å². The Balaban J connectivity index is 1.74. The highest BCUT2D eigenvalue weighted by Crippen LogP contribution is 2.25. The van der Waals surface area contributed by atoms with Crippen molar-refractivity contribution in [1.82, 2.24) is 14.9 Å². The number of anilines is 2. The summed E-state index contributed by atoms with van der Waals surface area (Å²) in [6.07, 6.45) is 0. The number of para-hydroxylation sites is 3. The maximum absolute atomic E-state index is 13.1. The van der Waals surface area contributed by atoms with Crippen LogP contribution < -0.4 is 10.2 Å². The van der Waals surface area contributed by atoms with Crippen LogP contribution in [-0.2, 0) is 0 Å². The molecule has 0 bridgehead atoms. The molecular weight excluding hydrogens is 406 g/mol. The first kappa shape index (κ1) is 17.9. The highest BCUT2D eigenvalue weighted by molar-refractivity contribution is 9.10. The fraction of sp³-hybridized carbons (Fsp3) is 0.250. The molecule has 1 aliphatic heterocycles. The molecule has 0 aliphatic carbocycles. The Morgan fingerprint density at radius 1 is 0.963 bits per heavy atom. The van der Waals surface area contributed by atoms with Crippen molar-refractivity contribution in [1.29, 1.82) is 0 Å². The Morgan fingerprint density at radius 2 is 1.59 bits per heavy atom. The van der Waals surface area contributed by atoms with E-state index in [0.717, 1.165) is 36.2 Å². The zero-order valence-electron chi connectivity index (χ0n) is 15.0. The van der Waals surface area contributed by atoms with Crippen LogP contribution in [0.3, 0.4) is 0 Å². The summed E-state index contributed by atoms with van der Waals surface area (Å²) in [5.74, 6) is 0.389. The molecule has 0 unspecified atom stereocenters. The molecule has 1 amide bonds. The van der Waals surface area contributed by atoms with Gasteiger partial charge < -0.3 is 15.1 Å². The number of carbonyl (C=O) groups is 1. The highest BCUT2D eigenvalue weighted by Gasteiger charge is 2.24. The van der Waals surface area contributed by atoms with Crippen LogP contribution in [0.15, 0.2) is 53.0 Å². The third kappa shape index (κ3) is 3.79. The highest BCUT2D eigenvalue weighted by atomic mass is 79.9. The minimum Gasteiger partial charge on any atom is -0.352 e. The van der Waals surface area contributed by atoms with Gasteiger partial charge in [0.15, 0.2) is 11.5 Å². The minimum atomic E-state index is -0.255. The number of nitrogens with zero attached hydrogens (tertiary/aromatic N) is 4. The molecule has 3 aromatic rings. The molecule has 1 aromatic heterocycles. The number of likely N-dealkylation sites (N-methyl/N-ethyl adjacent to an activating group) is 1.